The molecule has 126 valence electrons. The molecule has 0 spiro atoms. The van der Waals surface area contributed by atoms with Gasteiger partial charge in [0.1, 0.15) is 6.42 Å². The van der Waals surface area contributed by atoms with E-state index in [1.807, 2.05) is 56.3 Å². The van der Waals surface area contributed by atoms with Crippen molar-refractivity contribution in [2.75, 3.05) is 10.6 Å². The highest BCUT2D eigenvalue weighted by atomic mass is 16.2. The first-order valence-electron chi connectivity index (χ1n) is 8.13. The summed E-state index contributed by atoms with van der Waals surface area (Å²) in [5, 5.41) is 5.67. The second kappa shape index (κ2) is 7.77. The van der Waals surface area contributed by atoms with Gasteiger partial charge in [0.2, 0.25) is 11.8 Å². The van der Waals surface area contributed by atoms with Gasteiger partial charge < -0.3 is 10.6 Å². The van der Waals surface area contributed by atoms with Gasteiger partial charge in [-0.1, -0.05) is 50.2 Å². The molecule has 24 heavy (non-hydrogen) atoms. The Morgan fingerprint density at radius 3 is 2.17 bits per heavy atom. The number of nitrogens with one attached hydrogen (secondary N) is 2. The molecule has 4 nitrogen and oxygen atoms in total. The standard InChI is InChI=1S/C20H24N2O2/c1-13(2)16-10-7-9-15(4)20(16)22-19(24)12-18(23)21-17-11-6-5-8-14(17)3/h5-11,13H,12H2,1-4H3,(H,21,23)(H,22,24). The van der Waals surface area contributed by atoms with Crippen LogP contribution in [0.2, 0.25) is 0 Å². The fourth-order valence-corrected chi connectivity index (χ4v) is 2.58. The molecule has 0 fully saturated rings. The third kappa shape index (κ3) is 4.44. The summed E-state index contributed by atoms with van der Waals surface area (Å²) in [6, 6.07) is 13.4. The monoisotopic (exact) mass is 324 g/mol. The maximum Gasteiger partial charge on any atom is 0.233 e. The largest absolute Gasteiger partial charge is 0.325 e. The van der Waals surface area contributed by atoms with Gasteiger partial charge in [-0.05, 0) is 42.5 Å². The van der Waals surface area contributed by atoms with E-state index in [1.165, 1.54) is 0 Å². The predicted octanol–water partition coefficient (Wildman–Crippen LogP) is 4.39. The maximum absolute atomic E-state index is 12.3. The number of carbonyl (C=O) groups excluding carboxylic acids is 2. The van der Waals surface area contributed by atoms with E-state index in [9.17, 15) is 9.59 Å². The molecule has 0 saturated heterocycles. The summed E-state index contributed by atoms with van der Waals surface area (Å²) in [5.41, 5.74) is 4.57. The van der Waals surface area contributed by atoms with Crippen molar-refractivity contribution in [3.63, 3.8) is 0 Å². The number of carbonyl (C=O) groups is 2. The minimum Gasteiger partial charge on any atom is -0.325 e. The lowest BCUT2D eigenvalue weighted by Gasteiger charge is -2.16. The summed E-state index contributed by atoms with van der Waals surface area (Å²) in [4.78, 5) is 24.4. The van der Waals surface area contributed by atoms with Gasteiger partial charge >= 0.3 is 0 Å². The number of anilines is 2. The van der Waals surface area contributed by atoms with Crippen LogP contribution in [0.15, 0.2) is 42.5 Å². The molecule has 0 radical (unpaired) electrons. The van der Waals surface area contributed by atoms with Crippen molar-refractivity contribution >= 4 is 23.2 Å². The first kappa shape index (κ1) is 17.7. The molecule has 0 atom stereocenters. The number of benzene rings is 2. The first-order valence-corrected chi connectivity index (χ1v) is 8.13. The Kier molecular flexibility index (Phi) is 5.74. The van der Waals surface area contributed by atoms with Crippen LogP contribution in [-0.4, -0.2) is 11.8 Å². The van der Waals surface area contributed by atoms with E-state index in [2.05, 4.69) is 24.5 Å². The molecule has 4 heteroatoms. The Bertz CT molecular complexity index is 751. The lowest BCUT2D eigenvalue weighted by molar-refractivity contribution is -0.123. The summed E-state index contributed by atoms with van der Waals surface area (Å²) < 4.78 is 0. The first-order chi connectivity index (χ1) is 11.4. The van der Waals surface area contributed by atoms with Gasteiger partial charge in [-0.3, -0.25) is 9.59 Å². The summed E-state index contributed by atoms with van der Waals surface area (Å²) >= 11 is 0. The molecule has 0 saturated carbocycles. The number of rotatable bonds is 5. The van der Waals surface area contributed by atoms with Crippen LogP contribution in [0.3, 0.4) is 0 Å². The SMILES string of the molecule is Cc1ccccc1NC(=O)CC(=O)Nc1c(C)cccc1C(C)C. The molecule has 2 aromatic rings. The van der Waals surface area contributed by atoms with Crippen molar-refractivity contribution in [2.45, 2.75) is 40.0 Å². The zero-order valence-corrected chi connectivity index (χ0v) is 14.6. The molecule has 0 unspecified atom stereocenters. The van der Waals surface area contributed by atoms with Crippen LogP contribution < -0.4 is 10.6 Å². The van der Waals surface area contributed by atoms with Gasteiger partial charge in [-0.2, -0.15) is 0 Å². The Balaban J connectivity index is 2.04. The number of amides is 2. The van der Waals surface area contributed by atoms with Crippen molar-refractivity contribution in [1.29, 1.82) is 0 Å². The topological polar surface area (TPSA) is 58.2 Å². The van der Waals surface area contributed by atoms with Crippen molar-refractivity contribution < 1.29 is 9.59 Å². The van der Waals surface area contributed by atoms with Crippen LogP contribution in [0.1, 0.15) is 42.9 Å². The van der Waals surface area contributed by atoms with Crippen LogP contribution in [-0.2, 0) is 9.59 Å². The highest BCUT2D eigenvalue weighted by Gasteiger charge is 2.15. The minimum absolute atomic E-state index is 0.208. The van der Waals surface area contributed by atoms with Crippen LogP contribution >= 0.6 is 0 Å². The second-order valence-corrected chi connectivity index (χ2v) is 6.28. The highest BCUT2D eigenvalue weighted by molar-refractivity contribution is 6.08. The molecule has 0 heterocycles. The summed E-state index contributed by atoms with van der Waals surface area (Å²) in [5.74, 6) is -0.334. The van der Waals surface area contributed by atoms with Crippen molar-refractivity contribution in [3.8, 4) is 0 Å². The Hall–Kier alpha value is -2.62. The summed E-state index contributed by atoms with van der Waals surface area (Å²) in [6.45, 7) is 8.03. The normalized spacial score (nSPS) is 10.5. The number of hydrogen-bond acceptors (Lipinski definition) is 2. The molecule has 0 aromatic heterocycles. The van der Waals surface area contributed by atoms with E-state index in [-0.39, 0.29) is 18.2 Å². The van der Waals surface area contributed by atoms with Crippen LogP contribution in [0, 0.1) is 13.8 Å². The van der Waals surface area contributed by atoms with E-state index in [1.54, 1.807) is 0 Å². The van der Waals surface area contributed by atoms with Gasteiger partial charge in [0.15, 0.2) is 0 Å². The van der Waals surface area contributed by atoms with Crippen LogP contribution in [0.4, 0.5) is 11.4 Å². The Labute approximate surface area is 143 Å². The van der Waals surface area contributed by atoms with E-state index < -0.39 is 0 Å². The Morgan fingerprint density at radius 2 is 1.50 bits per heavy atom. The number of hydrogen-bond donors (Lipinski definition) is 2. The van der Waals surface area contributed by atoms with E-state index in [4.69, 9.17) is 0 Å². The molecule has 2 N–H and O–H groups in total. The third-order valence-electron chi connectivity index (χ3n) is 3.93. The van der Waals surface area contributed by atoms with E-state index in [0.717, 1.165) is 28.1 Å². The molecular weight excluding hydrogens is 300 g/mol. The van der Waals surface area contributed by atoms with Gasteiger partial charge in [-0.15, -0.1) is 0 Å². The molecule has 2 aromatic carbocycles. The van der Waals surface area contributed by atoms with Gasteiger partial charge in [0, 0.05) is 11.4 Å². The van der Waals surface area contributed by atoms with Gasteiger partial charge in [-0.25, -0.2) is 0 Å². The zero-order valence-electron chi connectivity index (χ0n) is 14.6. The zero-order chi connectivity index (χ0) is 17.7. The van der Waals surface area contributed by atoms with Crippen molar-refractivity contribution in [3.05, 3.63) is 59.2 Å². The fourth-order valence-electron chi connectivity index (χ4n) is 2.58. The summed E-state index contributed by atoms with van der Waals surface area (Å²) in [6.07, 6.45) is -0.208. The molecule has 0 bridgehead atoms. The van der Waals surface area contributed by atoms with Crippen molar-refractivity contribution in [1.82, 2.24) is 0 Å². The third-order valence-corrected chi connectivity index (χ3v) is 3.93. The average molecular weight is 324 g/mol. The number of aryl methyl sites for hydroxylation is 2. The van der Waals surface area contributed by atoms with Gasteiger partial charge in [0.05, 0.1) is 0 Å². The fraction of sp³-hybridized carbons (Fsp3) is 0.300. The molecule has 0 aliphatic rings. The average Bonchev–Trinajstić information content (AvgIpc) is 2.51. The molecular formula is C20H24N2O2. The van der Waals surface area contributed by atoms with E-state index in [0.29, 0.717) is 5.92 Å². The highest BCUT2D eigenvalue weighted by Crippen LogP contribution is 2.27. The lowest BCUT2D eigenvalue weighted by atomic mass is 9.98. The lowest BCUT2D eigenvalue weighted by Crippen LogP contribution is -2.22. The molecule has 2 amide bonds. The molecule has 0 aliphatic heterocycles. The minimum atomic E-state index is -0.318. The van der Waals surface area contributed by atoms with Crippen LogP contribution in [0.25, 0.3) is 0 Å². The maximum atomic E-state index is 12.3. The molecule has 2 rings (SSSR count). The number of para-hydroxylation sites is 2. The Morgan fingerprint density at radius 1 is 0.875 bits per heavy atom. The summed E-state index contributed by atoms with van der Waals surface area (Å²) in [7, 11) is 0. The van der Waals surface area contributed by atoms with Crippen LogP contribution in [0.5, 0.6) is 0 Å². The molecule has 0 aliphatic carbocycles. The second-order valence-electron chi connectivity index (χ2n) is 6.28. The quantitative estimate of drug-likeness (QED) is 0.801. The van der Waals surface area contributed by atoms with E-state index >= 15 is 0 Å². The smallest absolute Gasteiger partial charge is 0.233 e. The predicted molar refractivity (Wildman–Crippen MR) is 98.3 cm³/mol. The van der Waals surface area contributed by atoms with Gasteiger partial charge in [0.25, 0.3) is 0 Å². The van der Waals surface area contributed by atoms with Crippen molar-refractivity contribution in [2.24, 2.45) is 0 Å².